The van der Waals surface area contributed by atoms with Crippen LogP contribution in [-0.4, -0.2) is 52.8 Å². The molecule has 0 aliphatic rings. The van der Waals surface area contributed by atoms with Crippen molar-refractivity contribution < 1.29 is 13.2 Å². The third kappa shape index (κ3) is 6.21. The van der Waals surface area contributed by atoms with Gasteiger partial charge in [0, 0.05) is 37.3 Å². The summed E-state index contributed by atoms with van der Waals surface area (Å²) in [6.07, 6.45) is -0.668. The van der Waals surface area contributed by atoms with Crippen LogP contribution in [0.25, 0.3) is 0 Å². The van der Waals surface area contributed by atoms with Crippen LogP contribution in [-0.2, 0) is 19.8 Å². The van der Waals surface area contributed by atoms with Crippen molar-refractivity contribution in [2.75, 3.05) is 27.2 Å². The van der Waals surface area contributed by atoms with E-state index in [2.05, 4.69) is 30.6 Å². The molecule has 0 aliphatic carbocycles. The molecule has 2 rings (SSSR count). The molecule has 0 aromatic carbocycles. The van der Waals surface area contributed by atoms with Crippen molar-refractivity contribution in [2.24, 2.45) is 12.0 Å². The first-order chi connectivity index (χ1) is 12.7. The fourth-order valence-electron chi connectivity index (χ4n) is 2.41. The Morgan fingerprint density at radius 3 is 2.63 bits per heavy atom. The highest BCUT2D eigenvalue weighted by atomic mass is 32.1. The normalized spacial score (nSPS) is 13.9. The van der Waals surface area contributed by atoms with E-state index in [1.165, 1.54) is 0 Å². The van der Waals surface area contributed by atoms with Gasteiger partial charge < -0.3 is 15.5 Å². The van der Waals surface area contributed by atoms with Crippen LogP contribution in [0, 0.1) is 0 Å². The van der Waals surface area contributed by atoms with Gasteiger partial charge in [0.1, 0.15) is 5.01 Å². The molecule has 27 heavy (non-hydrogen) atoms. The van der Waals surface area contributed by atoms with Crippen LogP contribution >= 0.6 is 11.3 Å². The molecule has 0 radical (unpaired) electrons. The molecule has 0 saturated heterocycles. The standard InChI is InChI=1S/C16H24F3N7S/c1-5-20-15(22-8-14-24-13(10-27-14)16(17,18)19)21-7-12(25(2)3)11-6-23-26(4)9-11/h6,9-10,12H,5,7-8H2,1-4H3,(H2,20,21,22). The van der Waals surface area contributed by atoms with Crippen molar-refractivity contribution >= 4 is 17.3 Å². The molecular weight excluding hydrogens is 379 g/mol. The van der Waals surface area contributed by atoms with E-state index in [-0.39, 0.29) is 12.6 Å². The van der Waals surface area contributed by atoms with Gasteiger partial charge in [-0.25, -0.2) is 9.98 Å². The van der Waals surface area contributed by atoms with Gasteiger partial charge in [-0.2, -0.15) is 18.3 Å². The summed E-state index contributed by atoms with van der Waals surface area (Å²) in [6.45, 7) is 3.20. The number of aromatic nitrogens is 3. The fourth-order valence-corrected chi connectivity index (χ4v) is 3.13. The zero-order chi connectivity index (χ0) is 20.0. The van der Waals surface area contributed by atoms with Gasteiger partial charge in [0.05, 0.1) is 18.8 Å². The second kappa shape index (κ2) is 9.18. The highest BCUT2D eigenvalue weighted by Gasteiger charge is 2.33. The van der Waals surface area contributed by atoms with Crippen molar-refractivity contribution in [2.45, 2.75) is 25.7 Å². The van der Waals surface area contributed by atoms with E-state index < -0.39 is 11.9 Å². The van der Waals surface area contributed by atoms with Crippen LogP contribution in [0.4, 0.5) is 13.2 Å². The zero-order valence-corrected chi connectivity index (χ0v) is 16.5. The van der Waals surface area contributed by atoms with Crippen LogP contribution in [0.15, 0.2) is 22.8 Å². The van der Waals surface area contributed by atoms with Crippen LogP contribution < -0.4 is 10.6 Å². The summed E-state index contributed by atoms with van der Waals surface area (Å²) >= 11 is 0.952. The smallest absolute Gasteiger partial charge is 0.357 e. The number of guanidine groups is 1. The molecule has 2 aromatic rings. The number of rotatable bonds is 7. The lowest BCUT2D eigenvalue weighted by Crippen LogP contribution is -2.41. The number of aryl methyl sites for hydroxylation is 1. The van der Waals surface area contributed by atoms with E-state index in [0.29, 0.717) is 24.1 Å². The largest absolute Gasteiger partial charge is 0.434 e. The molecule has 0 spiro atoms. The number of halogens is 3. The van der Waals surface area contributed by atoms with Crippen molar-refractivity contribution in [3.05, 3.63) is 34.0 Å². The van der Waals surface area contributed by atoms with Crippen LogP contribution in [0.5, 0.6) is 0 Å². The van der Waals surface area contributed by atoms with E-state index in [1.54, 1.807) is 4.68 Å². The molecule has 0 fully saturated rings. The minimum atomic E-state index is -4.43. The highest BCUT2D eigenvalue weighted by molar-refractivity contribution is 7.09. The van der Waals surface area contributed by atoms with E-state index in [1.807, 2.05) is 40.5 Å². The number of alkyl halides is 3. The fraction of sp³-hybridized carbons (Fsp3) is 0.562. The van der Waals surface area contributed by atoms with Gasteiger partial charge in [-0.3, -0.25) is 4.68 Å². The Labute approximate surface area is 160 Å². The summed E-state index contributed by atoms with van der Waals surface area (Å²) in [5, 5.41) is 11.9. The Bertz CT molecular complexity index is 751. The number of aliphatic imine (C=N–C) groups is 1. The molecule has 0 amide bonds. The highest BCUT2D eigenvalue weighted by Crippen LogP contribution is 2.30. The third-order valence-corrected chi connectivity index (χ3v) is 4.59. The molecule has 0 aliphatic heterocycles. The molecule has 7 nitrogen and oxygen atoms in total. The summed E-state index contributed by atoms with van der Waals surface area (Å²) in [5.74, 6) is 0.525. The monoisotopic (exact) mass is 403 g/mol. The van der Waals surface area contributed by atoms with Crippen molar-refractivity contribution in [3.8, 4) is 0 Å². The van der Waals surface area contributed by atoms with E-state index >= 15 is 0 Å². The Balaban J connectivity index is 2.03. The summed E-state index contributed by atoms with van der Waals surface area (Å²) in [5.41, 5.74) is 0.181. The first-order valence-corrected chi connectivity index (χ1v) is 9.27. The van der Waals surface area contributed by atoms with Gasteiger partial charge in [-0.1, -0.05) is 0 Å². The maximum absolute atomic E-state index is 12.6. The average molecular weight is 403 g/mol. The lowest BCUT2D eigenvalue weighted by Gasteiger charge is -2.24. The number of nitrogens with zero attached hydrogens (tertiary/aromatic N) is 5. The summed E-state index contributed by atoms with van der Waals surface area (Å²) in [6, 6.07) is 0.0688. The SMILES string of the molecule is CCNC(=NCc1nc(C(F)(F)F)cs1)NCC(c1cnn(C)c1)N(C)C. The molecule has 150 valence electrons. The Morgan fingerprint density at radius 1 is 1.37 bits per heavy atom. The lowest BCUT2D eigenvalue weighted by molar-refractivity contribution is -0.140. The van der Waals surface area contributed by atoms with Crippen molar-refractivity contribution in [1.82, 2.24) is 30.3 Å². The van der Waals surface area contributed by atoms with E-state index in [4.69, 9.17) is 0 Å². The van der Waals surface area contributed by atoms with Gasteiger partial charge in [-0.05, 0) is 21.0 Å². The molecule has 0 saturated carbocycles. The molecule has 1 unspecified atom stereocenters. The van der Waals surface area contributed by atoms with Gasteiger partial charge >= 0.3 is 6.18 Å². The molecule has 11 heteroatoms. The lowest BCUT2D eigenvalue weighted by atomic mass is 10.1. The molecule has 1 atom stereocenters. The molecule has 2 N–H and O–H groups in total. The summed E-state index contributed by atoms with van der Waals surface area (Å²) in [4.78, 5) is 10.0. The third-order valence-electron chi connectivity index (χ3n) is 3.75. The molecule has 2 aromatic heterocycles. The van der Waals surface area contributed by atoms with Gasteiger partial charge in [-0.15, -0.1) is 11.3 Å². The first-order valence-electron chi connectivity index (χ1n) is 8.39. The maximum Gasteiger partial charge on any atom is 0.434 e. The topological polar surface area (TPSA) is 70.4 Å². The van der Waals surface area contributed by atoms with Gasteiger partial charge in [0.15, 0.2) is 11.7 Å². The number of thiazole rings is 1. The van der Waals surface area contributed by atoms with Crippen LogP contribution in [0.1, 0.15) is 29.2 Å². The number of nitrogens with one attached hydrogen (secondary N) is 2. The summed E-state index contributed by atoms with van der Waals surface area (Å²) < 4.78 is 39.7. The second-order valence-corrected chi connectivity index (χ2v) is 7.07. The minimum Gasteiger partial charge on any atom is -0.357 e. The molecular formula is C16H24F3N7S. The van der Waals surface area contributed by atoms with Crippen LogP contribution in [0.3, 0.4) is 0 Å². The van der Waals surface area contributed by atoms with E-state index in [0.717, 1.165) is 22.3 Å². The zero-order valence-electron chi connectivity index (χ0n) is 15.7. The van der Waals surface area contributed by atoms with Crippen molar-refractivity contribution in [1.29, 1.82) is 0 Å². The number of hydrogen-bond donors (Lipinski definition) is 2. The maximum atomic E-state index is 12.6. The quantitative estimate of drug-likeness (QED) is 0.548. The Morgan fingerprint density at radius 2 is 2.11 bits per heavy atom. The number of hydrogen-bond acceptors (Lipinski definition) is 5. The average Bonchev–Trinajstić information content (AvgIpc) is 3.21. The molecule has 0 bridgehead atoms. The second-order valence-electron chi connectivity index (χ2n) is 6.13. The predicted octanol–water partition coefficient (Wildman–Crippen LogP) is 2.25. The Hall–Kier alpha value is -2.14. The van der Waals surface area contributed by atoms with Crippen LogP contribution in [0.2, 0.25) is 0 Å². The predicted molar refractivity (Wildman–Crippen MR) is 99.6 cm³/mol. The Kier molecular flexibility index (Phi) is 7.19. The van der Waals surface area contributed by atoms with Gasteiger partial charge in [0.2, 0.25) is 0 Å². The van der Waals surface area contributed by atoms with E-state index in [9.17, 15) is 13.2 Å². The minimum absolute atomic E-state index is 0.0688. The van der Waals surface area contributed by atoms with Crippen molar-refractivity contribution in [3.63, 3.8) is 0 Å². The first kappa shape index (κ1) is 21.2. The molecule has 2 heterocycles. The number of likely N-dealkylation sites (N-methyl/N-ethyl adjacent to an activating group) is 1. The van der Waals surface area contributed by atoms with Gasteiger partial charge in [0.25, 0.3) is 0 Å². The summed E-state index contributed by atoms with van der Waals surface area (Å²) in [7, 11) is 5.80.